The molecule has 4 heteroatoms. The van der Waals surface area contributed by atoms with Crippen molar-refractivity contribution in [3.63, 3.8) is 0 Å². The molecule has 0 heterocycles. The van der Waals surface area contributed by atoms with Crippen LogP contribution in [-0.2, 0) is 6.54 Å². The van der Waals surface area contributed by atoms with Crippen LogP contribution < -0.4 is 16.4 Å². The van der Waals surface area contributed by atoms with Crippen LogP contribution in [0.15, 0.2) is 42.5 Å². The van der Waals surface area contributed by atoms with Gasteiger partial charge in [-0.3, -0.25) is 0 Å². The number of amides is 2. The number of aryl methyl sites for hydroxylation is 2. The average Bonchev–Trinajstić information content (AvgIpc) is 2.41. The van der Waals surface area contributed by atoms with Gasteiger partial charge in [0, 0.05) is 17.9 Å². The van der Waals surface area contributed by atoms with Crippen LogP contribution in [0.4, 0.5) is 16.2 Å². The molecule has 0 fully saturated rings. The Morgan fingerprint density at radius 2 is 1.70 bits per heavy atom. The fraction of sp³-hybridized carbons (Fsp3) is 0.188. The van der Waals surface area contributed by atoms with Crippen LogP contribution >= 0.6 is 0 Å². The zero-order valence-electron chi connectivity index (χ0n) is 11.7. The number of rotatable bonds is 4. The standard InChI is InChI=1S/C16H19N3O/c1-11-3-4-12(2)13(9-11)10-18-14-5-7-15(8-6-14)19-16(17)20/h3-9,18H,10H2,1-2H3,(H3,17,19,20). The van der Waals surface area contributed by atoms with E-state index in [1.807, 2.05) is 24.3 Å². The molecule has 0 aliphatic heterocycles. The summed E-state index contributed by atoms with van der Waals surface area (Å²) < 4.78 is 0. The maximum absolute atomic E-state index is 10.7. The van der Waals surface area contributed by atoms with Gasteiger partial charge in [0.1, 0.15) is 0 Å². The van der Waals surface area contributed by atoms with E-state index in [1.165, 1.54) is 16.7 Å². The summed E-state index contributed by atoms with van der Waals surface area (Å²) in [7, 11) is 0. The van der Waals surface area contributed by atoms with Crippen molar-refractivity contribution in [3.05, 3.63) is 59.2 Å². The van der Waals surface area contributed by atoms with Gasteiger partial charge >= 0.3 is 6.03 Å². The Labute approximate surface area is 119 Å². The SMILES string of the molecule is Cc1ccc(C)c(CNc2ccc(NC(N)=O)cc2)c1. The molecule has 2 amide bonds. The van der Waals surface area contributed by atoms with Crippen LogP contribution in [0.2, 0.25) is 0 Å². The topological polar surface area (TPSA) is 67.2 Å². The number of urea groups is 1. The van der Waals surface area contributed by atoms with Crippen LogP contribution in [-0.4, -0.2) is 6.03 Å². The van der Waals surface area contributed by atoms with E-state index < -0.39 is 6.03 Å². The Morgan fingerprint density at radius 3 is 2.35 bits per heavy atom. The summed E-state index contributed by atoms with van der Waals surface area (Å²) in [4.78, 5) is 10.7. The van der Waals surface area contributed by atoms with Gasteiger partial charge in [-0.2, -0.15) is 0 Å². The maximum Gasteiger partial charge on any atom is 0.316 e. The summed E-state index contributed by atoms with van der Waals surface area (Å²) in [5, 5.41) is 5.90. The van der Waals surface area contributed by atoms with Gasteiger partial charge in [0.25, 0.3) is 0 Å². The summed E-state index contributed by atoms with van der Waals surface area (Å²) in [6.07, 6.45) is 0. The summed E-state index contributed by atoms with van der Waals surface area (Å²) in [5.41, 5.74) is 10.6. The number of benzene rings is 2. The molecule has 0 aromatic heterocycles. The van der Waals surface area contributed by atoms with Gasteiger partial charge in [-0.1, -0.05) is 23.8 Å². The molecule has 4 N–H and O–H groups in total. The minimum absolute atomic E-state index is 0.555. The van der Waals surface area contributed by atoms with E-state index in [0.29, 0.717) is 5.69 Å². The van der Waals surface area contributed by atoms with Crippen LogP contribution in [0.1, 0.15) is 16.7 Å². The minimum Gasteiger partial charge on any atom is -0.381 e. The molecule has 0 unspecified atom stereocenters. The molecule has 0 aliphatic carbocycles. The monoisotopic (exact) mass is 269 g/mol. The molecule has 2 rings (SSSR count). The van der Waals surface area contributed by atoms with Crippen molar-refractivity contribution < 1.29 is 4.79 Å². The summed E-state index contributed by atoms with van der Waals surface area (Å²) in [6.45, 7) is 4.97. The lowest BCUT2D eigenvalue weighted by atomic mass is 10.1. The number of nitrogens with two attached hydrogens (primary N) is 1. The molecule has 0 radical (unpaired) electrons. The van der Waals surface area contributed by atoms with E-state index in [1.54, 1.807) is 0 Å². The molecule has 2 aromatic carbocycles. The zero-order chi connectivity index (χ0) is 14.5. The lowest BCUT2D eigenvalue weighted by Gasteiger charge is -2.10. The largest absolute Gasteiger partial charge is 0.381 e. The van der Waals surface area contributed by atoms with E-state index in [9.17, 15) is 4.79 Å². The van der Waals surface area contributed by atoms with Gasteiger partial charge in [-0.15, -0.1) is 0 Å². The summed E-state index contributed by atoms with van der Waals surface area (Å²) in [6, 6.07) is 13.3. The van der Waals surface area contributed by atoms with Crippen molar-refractivity contribution >= 4 is 17.4 Å². The highest BCUT2D eigenvalue weighted by molar-refractivity contribution is 5.87. The first-order valence-corrected chi connectivity index (χ1v) is 6.51. The molecule has 0 aliphatic rings. The van der Waals surface area contributed by atoms with Crippen molar-refractivity contribution in [2.24, 2.45) is 5.73 Å². The molecule has 4 nitrogen and oxygen atoms in total. The van der Waals surface area contributed by atoms with E-state index in [0.717, 1.165) is 12.2 Å². The number of hydrogen-bond acceptors (Lipinski definition) is 2. The average molecular weight is 269 g/mol. The molecule has 0 atom stereocenters. The van der Waals surface area contributed by atoms with Crippen molar-refractivity contribution in [2.45, 2.75) is 20.4 Å². The first kappa shape index (κ1) is 13.9. The molecule has 0 bridgehead atoms. The number of carbonyl (C=O) groups is 1. The lowest BCUT2D eigenvalue weighted by molar-refractivity contribution is 0.259. The summed E-state index contributed by atoms with van der Waals surface area (Å²) >= 11 is 0. The van der Waals surface area contributed by atoms with Crippen molar-refractivity contribution in [2.75, 3.05) is 10.6 Å². The highest BCUT2D eigenvalue weighted by Crippen LogP contribution is 2.16. The second-order valence-electron chi connectivity index (χ2n) is 4.85. The zero-order valence-corrected chi connectivity index (χ0v) is 11.7. The van der Waals surface area contributed by atoms with Gasteiger partial charge in [-0.05, 0) is 49.2 Å². The molecule has 20 heavy (non-hydrogen) atoms. The van der Waals surface area contributed by atoms with E-state index >= 15 is 0 Å². The van der Waals surface area contributed by atoms with Crippen LogP contribution in [0.5, 0.6) is 0 Å². The Bertz CT molecular complexity index is 606. The normalized spacial score (nSPS) is 10.1. The fourth-order valence-electron chi connectivity index (χ4n) is 2.00. The third-order valence-corrected chi connectivity index (χ3v) is 3.14. The fourth-order valence-corrected chi connectivity index (χ4v) is 2.00. The Balaban J connectivity index is 2.00. The van der Waals surface area contributed by atoms with Crippen molar-refractivity contribution in [3.8, 4) is 0 Å². The van der Waals surface area contributed by atoms with E-state index in [-0.39, 0.29) is 0 Å². The first-order chi connectivity index (χ1) is 9.54. The van der Waals surface area contributed by atoms with Crippen LogP contribution in [0, 0.1) is 13.8 Å². The van der Waals surface area contributed by atoms with Gasteiger partial charge in [0.2, 0.25) is 0 Å². The maximum atomic E-state index is 10.7. The van der Waals surface area contributed by atoms with Gasteiger partial charge in [0.15, 0.2) is 0 Å². The van der Waals surface area contributed by atoms with E-state index in [2.05, 4.69) is 42.7 Å². The second kappa shape index (κ2) is 6.10. The molecule has 104 valence electrons. The Kier molecular flexibility index (Phi) is 4.25. The molecule has 0 spiro atoms. The number of primary amides is 1. The lowest BCUT2D eigenvalue weighted by Crippen LogP contribution is -2.19. The van der Waals surface area contributed by atoms with Crippen molar-refractivity contribution in [1.29, 1.82) is 0 Å². The third-order valence-electron chi connectivity index (χ3n) is 3.14. The number of anilines is 2. The molecular formula is C16H19N3O. The Morgan fingerprint density at radius 1 is 1.05 bits per heavy atom. The van der Waals surface area contributed by atoms with Gasteiger partial charge < -0.3 is 16.4 Å². The summed E-state index contributed by atoms with van der Waals surface area (Å²) in [5.74, 6) is 0. The van der Waals surface area contributed by atoms with Gasteiger partial charge in [0.05, 0.1) is 0 Å². The third kappa shape index (κ3) is 3.75. The predicted molar refractivity (Wildman–Crippen MR) is 82.9 cm³/mol. The predicted octanol–water partition coefficient (Wildman–Crippen LogP) is 3.41. The smallest absolute Gasteiger partial charge is 0.316 e. The quantitative estimate of drug-likeness (QED) is 0.796. The van der Waals surface area contributed by atoms with Gasteiger partial charge in [-0.25, -0.2) is 4.79 Å². The van der Waals surface area contributed by atoms with Crippen LogP contribution in [0.25, 0.3) is 0 Å². The highest BCUT2D eigenvalue weighted by atomic mass is 16.2. The Hall–Kier alpha value is -2.49. The number of nitrogens with one attached hydrogen (secondary N) is 2. The second-order valence-corrected chi connectivity index (χ2v) is 4.85. The molecule has 0 saturated heterocycles. The highest BCUT2D eigenvalue weighted by Gasteiger charge is 2.00. The number of hydrogen-bond donors (Lipinski definition) is 3. The first-order valence-electron chi connectivity index (χ1n) is 6.51. The van der Waals surface area contributed by atoms with E-state index in [4.69, 9.17) is 5.73 Å². The number of carbonyl (C=O) groups excluding carboxylic acids is 1. The van der Waals surface area contributed by atoms with Crippen molar-refractivity contribution in [1.82, 2.24) is 0 Å². The molecule has 0 saturated carbocycles. The van der Waals surface area contributed by atoms with Crippen LogP contribution in [0.3, 0.4) is 0 Å². The molecular weight excluding hydrogens is 250 g/mol. The molecule has 2 aromatic rings. The minimum atomic E-state index is -0.555.